The van der Waals surface area contributed by atoms with Gasteiger partial charge in [0, 0.05) is 6.42 Å². The molecule has 1 fully saturated rings. The molecule has 1 saturated heterocycles. The summed E-state index contributed by atoms with van der Waals surface area (Å²) in [4.78, 5) is 26.6. The van der Waals surface area contributed by atoms with Gasteiger partial charge in [-0.2, -0.15) is 0 Å². The smallest absolute Gasteiger partial charge is 0.306 e. The first-order valence-corrected chi connectivity index (χ1v) is 32.9. The molecule has 0 aromatic heterocycles. The Balaban J connectivity index is 2.65. The highest BCUT2D eigenvalue weighted by Crippen LogP contribution is 2.26. The summed E-state index contributed by atoms with van der Waals surface area (Å²) in [6.45, 7) is 5.78. The summed E-state index contributed by atoms with van der Waals surface area (Å²) in [5.41, 5.74) is 0. The summed E-state index contributed by atoms with van der Waals surface area (Å²) in [6, 6.07) is -1.03. The predicted molar refractivity (Wildman–Crippen MR) is 324 cm³/mol. The maximum Gasteiger partial charge on any atom is 0.306 e. The van der Waals surface area contributed by atoms with Crippen LogP contribution >= 0.6 is 0 Å². The first-order valence-electron chi connectivity index (χ1n) is 32.9. The van der Waals surface area contributed by atoms with E-state index in [0.717, 1.165) is 83.5 Å². The van der Waals surface area contributed by atoms with Crippen molar-refractivity contribution >= 4 is 11.9 Å². The third kappa shape index (κ3) is 42.5. The maximum absolute atomic E-state index is 13.4. The molecule has 78 heavy (non-hydrogen) atoms. The molecule has 0 radical (unpaired) electrons. The Kier molecular flexibility index (Phi) is 52.1. The van der Waals surface area contributed by atoms with Gasteiger partial charge in [0.1, 0.15) is 24.4 Å². The van der Waals surface area contributed by atoms with Crippen LogP contribution < -0.4 is 5.32 Å². The minimum Gasteiger partial charge on any atom is -0.454 e. The second-order valence-electron chi connectivity index (χ2n) is 22.9. The number of aliphatic hydroxyl groups excluding tert-OH is 5. The molecule has 1 rings (SSSR count). The first-order chi connectivity index (χ1) is 38.2. The van der Waals surface area contributed by atoms with E-state index in [9.17, 15) is 35.1 Å². The number of carbonyl (C=O) groups is 2. The summed E-state index contributed by atoms with van der Waals surface area (Å²) in [6.07, 6.45) is 57.1. The molecule has 11 nitrogen and oxygen atoms in total. The first kappa shape index (κ1) is 73.6. The number of hydrogen-bond donors (Lipinski definition) is 6. The lowest BCUT2D eigenvalue weighted by Crippen LogP contribution is -2.61. The van der Waals surface area contributed by atoms with Gasteiger partial charge in [-0.1, -0.05) is 281 Å². The number of aliphatic hydroxyl groups is 5. The van der Waals surface area contributed by atoms with Crippen molar-refractivity contribution in [3.8, 4) is 0 Å². The number of unbranched alkanes of at least 4 members (excludes halogenated alkanes) is 36. The molecule has 11 heteroatoms. The van der Waals surface area contributed by atoms with Gasteiger partial charge in [0.15, 0.2) is 12.4 Å². The van der Waals surface area contributed by atoms with Crippen molar-refractivity contribution in [3.63, 3.8) is 0 Å². The quantitative estimate of drug-likeness (QED) is 0.0195. The van der Waals surface area contributed by atoms with Gasteiger partial charge < -0.3 is 45.1 Å². The van der Waals surface area contributed by atoms with E-state index in [-0.39, 0.29) is 19.4 Å². The summed E-state index contributed by atoms with van der Waals surface area (Å²) in [7, 11) is 0. The minimum absolute atomic E-state index is 0.126. The van der Waals surface area contributed by atoms with E-state index in [0.29, 0.717) is 12.8 Å². The average molecular weight is 1100 g/mol. The fourth-order valence-corrected chi connectivity index (χ4v) is 10.2. The summed E-state index contributed by atoms with van der Waals surface area (Å²) in [5, 5.41) is 57.1. The number of esters is 1. The van der Waals surface area contributed by atoms with Crippen LogP contribution in [0.5, 0.6) is 0 Å². The molecule has 456 valence electrons. The van der Waals surface area contributed by atoms with Crippen molar-refractivity contribution in [3.05, 3.63) is 48.6 Å². The number of ether oxygens (including phenoxy) is 3. The van der Waals surface area contributed by atoms with Crippen LogP contribution in [0.25, 0.3) is 0 Å². The lowest BCUT2D eigenvalue weighted by Gasteiger charge is -2.41. The lowest BCUT2D eigenvalue weighted by atomic mass is 9.99. The van der Waals surface area contributed by atoms with Crippen LogP contribution in [0.15, 0.2) is 48.6 Å². The van der Waals surface area contributed by atoms with Crippen LogP contribution in [0.3, 0.4) is 0 Å². The molecule has 0 spiro atoms. The summed E-state index contributed by atoms with van der Waals surface area (Å²) < 4.78 is 17.7. The van der Waals surface area contributed by atoms with Crippen molar-refractivity contribution in [2.24, 2.45) is 0 Å². The topological polar surface area (TPSA) is 175 Å². The van der Waals surface area contributed by atoms with E-state index < -0.39 is 67.4 Å². The number of carbonyl (C=O) groups excluding carboxylic acids is 2. The molecule has 1 aliphatic heterocycles. The molecule has 1 amide bonds. The van der Waals surface area contributed by atoms with Gasteiger partial charge in [0.2, 0.25) is 5.91 Å². The fraction of sp³-hybridized carbons (Fsp3) is 0.851. The number of amides is 1. The molecule has 0 aliphatic carbocycles. The summed E-state index contributed by atoms with van der Waals surface area (Å²) in [5.74, 6) is -1.20. The number of hydrogen-bond acceptors (Lipinski definition) is 10. The van der Waals surface area contributed by atoms with Gasteiger partial charge in [0.05, 0.1) is 25.4 Å². The van der Waals surface area contributed by atoms with Gasteiger partial charge in [0.25, 0.3) is 0 Å². The highest BCUT2D eigenvalue weighted by atomic mass is 16.7. The Morgan fingerprint density at radius 3 is 1.35 bits per heavy atom. The van der Waals surface area contributed by atoms with Crippen LogP contribution in [-0.4, -0.2) is 99.6 Å². The fourth-order valence-electron chi connectivity index (χ4n) is 10.2. The van der Waals surface area contributed by atoms with Crippen LogP contribution in [0.2, 0.25) is 0 Å². The molecule has 0 bridgehead atoms. The molecule has 8 unspecified atom stereocenters. The minimum atomic E-state index is -1.61. The number of nitrogens with one attached hydrogen (secondary N) is 1. The molecule has 0 aromatic rings. The van der Waals surface area contributed by atoms with E-state index in [4.69, 9.17) is 14.2 Å². The molecule has 1 aliphatic rings. The molecule has 0 saturated carbocycles. The zero-order chi connectivity index (χ0) is 56.8. The van der Waals surface area contributed by atoms with Crippen LogP contribution in [0, 0.1) is 0 Å². The maximum atomic E-state index is 13.4. The Labute approximate surface area is 478 Å². The molecule has 6 N–H and O–H groups in total. The van der Waals surface area contributed by atoms with Crippen molar-refractivity contribution in [2.45, 2.75) is 352 Å². The SMILES string of the molecule is CCCCC/C=C\C/C=C\C/C=C\CCCCCCCC(O)C(=O)NC(COC1OC(CO)C(O)C(O)C1OC(=O)CCCCCCCCCCCCCCCCCCCCC)C(O)/C=C/CCCCCCCCCCCC. The van der Waals surface area contributed by atoms with E-state index >= 15 is 0 Å². The van der Waals surface area contributed by atoms with Gasteiger partial charge in [-0.25, -0.2) is 0 Å². The van der Waals surface area contributed by atoms with Crippen molar-refractivity contribution in [1.82, 2.24) is 5.32 Å². The van der Waals surface area contributed by atoms with E-state index in [1.807, 2.05) is 6.08 Å². The standard InChI is InChI=1S/C67H123NO10/c1-4-7-10-13-16-19-22-25-27-29-31-33-35-37-40-43-46-49-52-55-62(72)78-65-64(74)63(73)61(56-69)77-67(65)76-57-58(59(70)53-50-47-44-41-38-24-21-18-15-12-9-6-3)68-66(75)60(71)54-51-48-45-42-39-36-34-32-30-28-26-23-20-17-14-11-8-5-2/h17,20,26,28,32,34,50,53,58-61,63-65,67,69-71,73-74H,4-16,18-19,21-25,27,29-31,33,35-49,51-52,54-57H2,1-3H3,(H,68,75)/b20-17-,28-26-,34-32-,53-50+. The van der Waals surface area contributed by atoms with E-state index in [1.54, 1.807) is 6.08 Å². The summed E-state index contributed by atoms with van der Waals surface area (Å²) >= 11 is 0. The molecular weight excluding hydrogens is 979 g/mol. The Morgan fingerprint density at radius 2 is 0.885 bits per heavy atom. The van der Waals surface area contributed by atoms with Gasteiger partial charge >= 0.3 is 5.97 Å². The van der Waals surface area contributed by atoms with Gasteiger partial charge in [-0.15, -0.1) is 0 Å². The van der Waals surface area contributed by atoms with Crippen molar-refractivity contribution in [2.75, 3.05) is 13.2 Å². The highest BCUT2D eigenvalue weighted by molar-refractivity contribution is 5.80. The van der Waals surface area contributed by atoms with Crippen LogP contribution in [0.1, 0.15) is 303 Å². The zero-order valence-electron chi connectivity index (χ0n) is 50.5. The highest BCUT2D eigenvalue weighted by Gasteiger charge is 2.47. The molecule has 0 aromatic carbocycles. The van der Waals surface area contributed by atoms with E-state index in [2.05, 4.69) is 62.5 Å². The molecular formula is C67H123NO10. The Morgan fingerprint density at radius 1 is 0.500 bits per heavy atom. The van der Waals surface area contributed by atoms with Crippen LogP contribution in [0.4, 0.5) is 0 Å². The largest absolute Gasteiger partial charge is 0.454 e. The average Bonchev–Trinajstić information content (AvgIpc) is 3.44. The van der Waals surface area contributed by atoms with Gasteiger partial charge in [-0.3, -0.25) is 9.59 Å². The monoisotopic (exact) mass is 1100 g/mol. The lowest BCUT2D eigenvalue weighted by molar-refractivity contribution is -0.305. The third-order valence-corrected chi connectivity index (χ3v) is 15.5. The third-order valence-electron chi connectivity index (χ3n) is 15.5. The second-order valence-corrected chi connectivity index (χ2v) is 22.9. The van der Waals surface area contributed by atoms with E-state index in [1.165, 1.54) is 173 Å². The van der Waals surface area contributed by atoms with Crippen molar-refractivity contribution < 1.29 is 49.3 Å². The Bertz CT molecular complexity index is 1450. The molecule has 1 heterocycles. The zero-order valence-corrected chi connectivity index (χ0v) is 50.5. The van der Waals surface area contributed by atoms with Crippen LogP contribution in [-0.2, 0) is 23.8 Å². The second kappa shape index (κ2) is 55.2. The number of allylic oxidation sites excluding steroid dienone is 7. The van der Waals surface area contributed by atoms with Crippen molar-refractivity contribution in [1.29, 1.82) is 0 Å². The van der Waals surface area contributed by atoms with Gasteiger partial charge in [-0.05, 0) is 64.2 Å². The molecule has 8 atom stereocenters. The Hall–Kier alpha value is -2.38. The predicted octanol–water partition coefficient (Wildman–Crippen LogP) is 16.0. The normalized spacial score (nSPS) is 19.2. The number of rotatable bonds is 56.